The molecule has 2 aromatic rings. The van der Waals surface area contributed by atoms with Gasteiger partial charge in [0.25, 0.3) is 0 Å². The molecule has 0 atom stereocenters. The van der Waals surface area contributed by atoms with Crippen molar-refractivity contribution in [3.05, 3.63) is 59.2 Å². The van der Waals surface area contributed by atoms with Gasteiger partial charge in [0.1, 0.15) is 17.1 Å². The molecule has 1 N–H and O–H groups in total. The second-order valence-electron chi connectivity index (χ2n) is 5.04. The lowest BCUT2D eigenvalue weighted by molar-refractivity contribution is 0.0597. The Hall–Kier alpha value is -2.49. The predicted octanol–water partition coefficient (Wildman–Crippen LogP) is 3.36. The maximum absolute atomic E-state index is 11.4. The maximum atomic E-state index is 11.4. The SMILES string of the molecule is COC(=O)c1ccc(CCCc2ccc(OC)cc2)cc1O. The molecular formula is C18H20O4. The monoisotopic (exact) mass is 300 g/mol. The molecule has 2 aromatic carbocycles. The number of hydrogen-bond donors (Lipinski definition) is 1. The first-order chi connectivity index (χ1) is 10.6. The summed E-state index contributed by atoms with van der Waals surface area (Å²) >= 11 is 0. The fourth-order valence-corrected chi connectivity index (χ4v) is 2.30. The van der Waals surface area contributed by atoms with E-state index in [4.69, 9.17) is 4.74 Å². The standard InChI is InChI=1S/C18H20O4/c1-21-15-9-6-13(7-10-15)4-3-5-14-8-11-16(17(19)12-14)18(20)22-2/h6-12,19H,3-5H2,1-2H3. The summed E-state index contributed by atoms with van der Waals surface area (Å²) in [4.78, 5) is 11.4. The minimum atomic E-state index is -0.526. The highest BCUT2D eigenvalue weighted by Gasteiger charge is 2.11. The topological polar surface area (TPSA) is 55.8 Å². The number of hydrogen-bond acceptors (Lipinski definition) is 4. The van der Waals surface area contributed by atoms with Gasteiger partial charge in [-0.1, -0.05) is 18.2 Å². The summed E-state index contributed by atoms with van der Waals surface area (Å²) in [5, 5.41) is 9.85. The molecule has 0 aliphatic rings. The van der Waals surface area contributed by atoms with Crippen molar-refractivity contribution in [1.29, 1.82) is 0 Å². The molecule has 0 aliphatic heterocycles. The summed E-state index contributed by atoms with van der Waals surface area (Å²) in [5.41, 5.74) is 2.44. The van der Waals surface area contributed by atoms with E-state index in [9.17, 15) is 9.90 Å². The van der Waals surface area contributed by atoms with Crippen LogP contribution in [0.15, 0.2) is 42.5 Å². The van der Waals surface area contributed by atoms with Crippen molar-refractivity contribution < 1.29 is 19.4 Å². The van der Waals surface area contributed by atoms with Gasteiger partial charge in [0, 0.05) is 0 Å². The largest absolute Gasteiger partial charge is 0.507 e. The maximum Gasteiger partial charge on any atom is 0.341 e. The summed E-state index contributed by atoms with van der Waals surface area (Å²) in [6, 6.07) is 13.1. The van der Waals surface area contributed by atoms with Gasteiger partial charge in [-0.05, 0) is 54.7 Å². The smallest absolute Gasteiger partial charge is 0.341 e. The van der Waals surface area contributed by atoms with E-state index >= 15 is 0 Å². The molecule has 0 fully saturated rings. The lowest BCUT2D eigenvalue weighted by Crippen LogP contribution is -2.02. The zero-order valence-corrected chi connectivity index (χ0v) is 12.8. The van der Waals surface area contributed by atoms with Crippen molar-refractivity contribution in [3.8, 4) is 11.5 Å². The average molecular weight is 300 g/mol. The van der Waals surface area contributed by atoms with Crippen LogP contribution in [0.2, 0.25) is 0 Å². The number of carbonyl (C=O) groups is 1. The van der Waals surface area contributed by atoms with E-state index in [-0.39, 0.29) is 11.3 Å². The lowest BCUT2D eigenvalue weighted by Gasteiger charge is -2.07. The van der Waals surface area contributed by atoms with Crippen LogP contribution in [-0.2, 0) is 17.6 Å². The van der Waals surface area contributed by atoms with Gasteiger partial charge in [-0.2, -0.15) is 0 Å². The molecule has 0 saturated heterocycles. The summed E-state index contributed by atoms with van der Waals surface area (Å²) in [6.07, 6.45) is 2.74. The minimum absolute atomic E-state index is 0.0335. The number of ether oxygens (including phenoxy) is 2. The Balaban J connectivity index is 1.91. The zero-order chi connectivity index (χ0) is 15.9. The van der Waals surface area contributed by atoms with Gasteiger partial charge >= 0.3 is 5.97 Å². The van der Waals surface area contributed by atoms with E-state index in [2.05, 4.69) is 16.9 Å². The molecule has 22 heavy (non-hydrogen) atoms. The zero-order valence-electron chi connectivity index (χ0n) is 12.8. The van der Waals surface area contributed by atoms with Crippen molar-refractivity contribution >= 4 is 5.97 Å². The minimum Gasteiger partial charge on any atom is -0.507 e. The van der Waals surface area contributed by atoms with Crippen LogP contribution in [0.1, 0.15) is 27.9 Å². The van der Waals surface area contributed by atoms with Crippen LogP contribution in [0.5, 0.6) is 11.5 Å². The predicted molar refractivity (Wildman–Crippen MR) is 84.5 cm³/mol. The fraction of sp³-hybridized carbons (Fsp3) is 0.278. The molecule has 0 bridgehead atoms. The molecule has 2 rings (SSSR count). The molecule has 0 aliphatic carbocycles. The van der Waals surface area contributed by atoms with Crippen molar-refractivity contribution in [2.75, 3.05) is 14.2 Å². The molecule has 0 saturated carbocycles. The van der Waals surface area contributed by atoms with Crippen molar-refractivity contribution in [2.24, 2.45) is 0 Å². The van der Waals surface area contributed by atoms with Gasteiger partial charge < -0.3 is 14.6 Å². The molecule has 4 heteroatoms. The van der Waals surface area contributed by atoms with Gasteiger partial charge in [-0.3, -0.25) is 0 Å². The van der Waals surface area contributed by atoms with E-state index < -0.39 is 5.97 Å². The fourth-order valence-electron chi connectivity index (χ4n) is 2.30. The number of aryl methyl sites for hydroxylation is 2. The summed E-state index contributed by atoms with van der Waals surface area (Å²) in [6.45, 7) is 0. The van der Waals surface area contributed by atoms with Crippen LogP contribution in [0.4, 0.5) is 0 Å². The molecule has 0 amide bonds. The summed E-state index contributed by atoms with van der Waals surface area (Å²) < 4.78 is 9.74. The van der Waals surface area contributed by atoms with E-state index in [1.807, 2.05) is 18.2 Å². The third kappa shape index (κ3) is 4.01. The van der Waals surface area contributed by atoms with Gasteiger partial charge in [0.15, 0.2) is 0 Å². The normalized spacial score (nSPS) is 10.3. The van der Waals surface area contributed by atoms with Crippen LogP contribution in [0, 0.1) is 0 Å². The third-order valence-corrected chi connectivity index (χ3v) is 3.56. The third-order valence-electron chi connectivity index (χ3n) is 3.56. The first-order valence-electron chi connectivity index (χ1n) is 7.17. The Morgan fingerprint density at radius 1 is 1.00 bits per heavy atom. The average Bonchev–Trinajstić information content (AvgIpc) is 2.55. The quantitative estimate of drug-likeness (QED) is 0.831. The van der Waals surface area contributed by atoms with Gasteiger partial charge in [-0.15, -0.1) is 0 Å². The van der Waals surface area contributed by atoms with Crippen LogP contribution in [0.25, 0.3) is 0 Å². The number of phenolic OH excluding ortho intramolecular Hbond substituents is 1. The second kappa shape index (κ2) is 7.50. The van der Waals surface area contributed by atoms with E-state index in [1.54, 1.807) is 19.2 Å². The second-order valence-corrected chi connectivity index (χ2v) is 5.04. The highest BCUT2D eigenvalue weighted by atomic mass is 16.5. The molecule has 0 unspecified atom stereocenters. The number of methoxy groups -OCH3 is 2. The Kier molecular flexibility index (Phi) is 5.42. The van der Waals surface area contributed by atoms with Crippen molar-refractivity contribution in [1.82, 2.24) is 0 Å². The van der Waals surface area contributed by atoms with Crippen LogP contribution in [0.3, 0.4) is 0 Å². The first kappa shape index (κ1) is 15.9. The number of phenols is 1. The number of carbonyl (C=O) groups excluding carboxylic acids is 1. The van der Waals surface area contributed by atoms with Crippen molar-refractivity contribution in [3.63, 3.8) is 0 Å². The van der Waals surface area contributed by atoms with Crippen molar-refractivity contribution in [2.45, 2.75) is 19.3 Å². The molecule has 0 aromatic heterocycles. The Bertz CT molecular complexity index is 632. The number of esters is 1. The van der Waals surface area contributed by atoms with E-state index in [0.29, 0.717) is 0 Å². The number of benzene rings is 2. The Morgan fingerprint density at radius 3 is 2.23 bits per heavy atom. The lowest BCUT2D eigenvalue weighted by atomic mass is 10.0. The van der Waals surface area contributed by atoms with Crippen LogP contribution < -0.4 is 4.74 Å². The molecular weight excluding hydrogens is 280 g/mol. The number of rotatable bonds is 6. The summed E-state index contributed by atoms with van der Waals surface area (Å²) in [5.74, 6) is 0.295. The van der Waals surface area contributed by atoms with Crippen LogP contribution in [-0.4, -0.2) is 25.3 Å². The highest BCUT2D eigenvalue weighted by Crippen LogP contribution is 2.21. The molecule has 0 spiro atoms. The Morgan fingerprint density at radius 2 is 1.64 bits per heavy atom. The van der Waals surface area contributed by atoms with Gasteiger partial charge in [-0.25, -0.2) is 4.79 Å². The van der Waals surface area contributed by atoms with E-state index in [1.165, 1.54) is 12.7 Å². The Labute approximate surface area is 130 Å². The van der Waals surface area contributed by atoms with Crippen LogP contribution >= 0.6 is 0 Å². The highest BCUT2D eigenvalue weighted by molar-refractivity contribution is 5.92. The van der Waals surface area contributed by atoms with Gasteiger partial charge in [0.05, 0.1) is 14.2 Å². The van der Waals surface area contributed by atoms with Gasteiger partial charge in [0.2, 0.25) is 0 Å². The first-order valence-corrected chi connectivity index (χ1v) is 7.17. The molecule has 0 heterocycles. The molecule has 0 radical (unpaired) electrons. The summed E-state index contributed by atoms with van der Waals surface area (Å²) in [7, 11) is 2.95. The molecule has 4 nitrogen and oxygen atoms in total. The number of aromatic hydroxyl groups is 1. The molecule has 116 valence electrons. The van der Waals surface area contributed by atoms with E-state index in [0.717, 1.165) is 30.6 Å².